The maximum absolute atomic E-state index is 11.7. The van der Waals surface area contributed by atoms with E-state index in [0.717, 1.165) is 5.56 Å². The second kappa shape index (κ2) is 5.36. The second-order valence-electron chi connectivity index (χ2n) is 4.86. The average molecular weight is 283 g/mol. The van der Waals surface area contributed by atoms with E-state index in [9.17, 15) is 9.59 Å². The SMILES string of the molecule is CC(=O)C1C/C(=C\c2cc(-c3ccccc3)no2)C(=O)O1. The van der Waals surface area contributed by atoms with Crippen LogP contribution in [0.2, 0.25) is 0 Å². The summed E-state index contributed by atoms with van der Waals surface area (Å²) in [4.78, 5) is 22.9. The molecule has 1 aliphatic heterocycles. The van der Waals surface area contributed by atoms with Gasteiger partial charge in [0.15, 0.2) is 17.6 Å². The fraction of sp³-hybridized carbons (Fsp3) is 0.188. The van der Waals surface area contributed by atoms with Crippen LogP contribution in [0.4, 0.5) is 0 Å². The Hall–Kier alpha value is -2.69. The number of rotatable bonds is 3. The molecule has 2 aromatic rings. The summed E-state index contributed by atoms with van der Waals surface area (Å²) in [6.07, 6.45) is 1.17. The molecule has 2 heterocycles. The summed E-state index contributed by atoms with van der Waals surface area (Å²) in [7, 11) is 0. The van der Waals surface area contributed by atoms with E-state index in [1.807, 2.05) is 30.3 Å². The Morgan fingerprint density at radius 2 is 2.10 bits per heavy atom. The van der Waals surface area contributed by atoms with Gasteiger partial charge in [0.25, 0.3) is 0 Å². The molecule has 21 heavy (non-hydrogen) atoms. The first-order valence-electron chi connectivity index (χ1n) is 6.57. The zero-order valence-corrected chi connectivity index (χ0v) is 11.4. The topological polar surface area (TPSA) is 69.4 Å². The largest absolute Gasteiger partial charge is 0.451 e. The van der Waals surface area contributed by atoms with Crippen molar-refractivity contribution in [1.29, 1.82) is 0 Å². The van der Waals surface area contributed by atoms with Gasteiger partial charge in [-0.2, -0.15) is 0 Å². The van der Waals surface area contributed by atoms with Gasteiger partial charge in [-0.1, -0.05) is 35.5 Å². The Labute approximate surface area is 121 Å². The Balaban J connectivity index is 1.83. The fourth-order valence-corrected chi connectivity index (χ4v) is 2.15. The molecule has 0 amide bonds. The molecule has 0 N–H and O–H groups in total. The number of carbonyl (C=O) groups is 2. The number of carbonyl (C=O) groups excluding carboxylic acids is 2. The normalized spacial score (nSPS) is 19.8. The predicted octanol–water partition coefficient (Wildman–Crippen LogP) is 2.63. The van der Waals surface area contributed by atoms with E-state index in [2.05, 4.69) is 5.16 Å². The van der Waals surface area contributed by atoms with Gasteiger partial charge in [0.1, 0.15) is 5.69 Å². The molecule has 1 saturated heterocycles. The van der Waals surface area contributed by atoms with Crippen LogP contribution in [0, 0.1) is 0 Å². The van der Waals surface area contributed by atoms with Crippen LogP contribution in [0.3, 0.4) is 0 Å². The molecule has 1 fully saturated rings. The van der Waals surface area contributed by atoms with E-state index < -0.39 is 12.1 Å². The van der Waals surface area contributed by atoms with E-state index in [1.165, 1.54) is 6.92 Å². The summed E-state index contributed by atoms with van der Waals surface area (Å²) in [5, 5.41) is 3.97. The quantitative estimate of drug-likeness (QED) is 0.639. The molecule has 1 aromatic heterocycles. The highest BCUT2D eigenvalue weighted by Crippen LogP contribution is 2.25. The molecule has 1 aliphatic rings. The van der Waals surface area contributed by atoms with Gasteiger partial charge >= 0.3 is 5.97 Å². The van der Waals surface area contributed by atoms with Gasteiger partial charge in [0.2, 0.25) is 0 Å². The second-order valence-corrected chi connectivity index (χ2v) is 4.86. The predicted molar refractivity (Wildman–Crippen MR) is 75.1 cm³/mol. The summed E-state index contributed by atoms with van der Waals surface area (Å²) in [6, 6.07) is 11.3. The van der Waals surface area contributed by atoms with Crippen LogP contribution in [0.15, 0.2) is 46.5 Å². The van der Waals surface area contributed by atoms with Crippen LogP contribution in [0.1, 0.15) is 19.1 Å². The zero-order valence-electron chi connectivity index (χ0n) is 11.4. The number of aromatic nitrogens is 1. The number of hydrogen-bond donors (Lipinski definition) is 0. The van der Waals surface area contributed by atoms with Gasteiger partial charge in [-0.25, -0.2) is 4.79 Å². The lowest BCUT2D eigenvalue weighted by atomic mass is 10.1. The Morgan fingerprint density at radius 3 is 2.76 bits per heavy atom. The first-order valence-corrected chi connectivity index (χ1v) is 6.57. The number of ether oxygens (including phenoxy) is 1. The lowest BCUT2D eigenvalue weighted by Gasteiger charge is -2.00. The number of Topliss-reactive ketones (excluding diaryl/α,β-unsaturated/α-hetero) is 1. The lowest BCUT2D eigenvalue weighted by Crippen LogP contribution is -2.16. The van der Waals surface area contributed by atoms with Crippen molar-refractivity contribution in [2.75, 3.05) is 0 Å². The van der Waals surface area contributed by atoms with Crippen molar-refractivity contribution in [1.82, 2.24) is 5.16 Å². The number of ketones is 1. The van der Waals surface area contributed by atoms with Crippen molar-refractivity contribution in [3.63, 3.8) is 0 Å². The van der Waals surface area contributed by atoms with Crippen LogP contribution >= 0.6 is 0 Å². The van der Waals surface area contributed by atoms with E-state index in [0.29, 0.717) is 17.0 Å². The minimum Gasteiger partial charge on any atom is -0.451 e. The van der Waals surface area contributed by atoms with Crippen LogP contribution in [0.5, 0.6) is 0 Å². The minimum absolute atomic E-state index is 0.158. The third-order valence-corrected chi connectivity index (χ3v) is 3.28. The van der Waals surface area contributed by atoms with Gasteiger partial charge in [-0.15, -0.1) is 0 Å². The number of cyclic esters (lactones) is 1. The maximum Gasteiger partial charge on any atom is 0.335 e. The maximum atomic E-state index is 11.7. The molecule has 3 rings (SSSR count). The summed E-state index contributed by atoms with van der Waals surface area (Å²) >= 11 is 0. The molecule has 0 bridgehead atoms. The zero-order chi connectivity index (χ0) is 14.8. The monoisotopic (exact) mass is 283 g/mol. The van der Waals surface area contributed by atoms with Crippen molar-refractivity contribution in [3.05, 3.63) is 47.7 Å². The third kappa shape index (κ3) is 2.76. The molecule has 0 saturated carbocycles. The summed E-state index contributed by atoms with van der Waals surface area (Å²) in [5.74, 6) is -0.174. The van der Waals surface area contributed by atoms with Crippen molar-refractivity contribution in [2.45, 2.75) is 19.4 Å². The Kier molecular flexibility index (Phi) is 3.39. The molecular weight excluding hydrogens is 270 g/mol. The summed E-state index contributed by atoms with van der Waals surface area (Å²) in [6.45, 7) is 1.41. The van der Waals surface area contributed by atoms with Crippen LogP contribution in [-0.2, 0) is 14.3 Å². The Bertz CT molecular complexity index is 715. The highest BCUT2D eigenvalue weighted by atomic mass is 16.6. The first-order chi connectivity index (χ1) is 10.1. The molecule has 1 unspecified atom stereocenters. The summed E-state index contributed by atoms with van der Waals surface area (Å²) < 4.78 is 10.2. The van der Waals surface area contributed by atoms with Crippen molar-refractivity contribution in [3.8, 4) is 11.3 Å². The molecule has 0 aliphatic carbocycles. The molecular formula is C16H13NO4. The van der Waals surface area contributed by atoms with E-state index >= 15 is 0 Å². The van der Waals surface area contributed by atoms with Gasteiger partial charge < -0.3 is 9.26 Å². The molecule has 106 valence electrons. The van der Waals surface area contributed by atoms with Crippen LogP contribution in [-0.4, -0.2) is 23.0 Å². The van der Waals surface area contributed by atoms with Crippen molar-refractivity contribution in [2.24, 2.45) is 0 Å². The number of esters is 1. The van der Waals surface area contributed by atoms with Crippen molar-refractivity contribution >= 4 is 17.8 Å². The molecule has 1 aromatic carbocycles. The van der Waals surface area contributed by atoms with Gasteiger partial charge in [0, 0.05) is 23.6 Å². The highest BCUT2D eigenvalue weighted by molar-refractivity contribution is 5.99. The number of hydrogen-bond acceptors (Lipinski definition) is 5. The van der Waals surface area contributed by atoms with Gasteiger partial charge in [0.05, 0.1) is 0 Å². The fourth-order valence-electron chi connectivity index (χ4n) is 2.15. The highest BCUT2D eigenvalue weighted by Gasteiger charge is 2.32. The van der Waals surface area contributed by atoms with Gasteiger partial charge in [-0.05, 0) is 13.0 Å². The van der Waals surface area contributed by atoms with E-state index in [4.69, 9.17) is 9.26 Å². The molecule has 5 nitrogen and oxygen atoms in total. The van der Waals surface area contributed by atoms with Crippen LogP contribution < -0.4 is 0 Å². The summed E-state index contributed by atoms with van der Waals surface area (Å²) in [5.41, 5.74) is 2.05. The van der Waals surface area contributed by atoms with E-state index in [-0.39, 0.29) is 12.2 Å². The lowest BCUT2D eigenvalue weighted by molar-refractivity contribution is -0.144. The molecule has 5 heteroatoms. The number of benzene rings is 1. The molecule has 1 atom stereocenters. The van der Waals surface area contributed by atoms with E-state index in [1.54, 1.807) is 12.1 Å². The Morgan fingerprint density at radius 1 is 1.33 bits per heavy atom. The van der Waals surface area contributed by atoms with Crippen molar-refractivity contribution < 1.29 is 18.8 Å². The number of nitrogens with zero attached hydrogens (tertiary/aromatic N) is 1. The van der Waals surface area contributed by atoms with Crippen LogP contribution in [0.25, 0.3) is 17.3 Å². The molecule has 0 radical (unpaired) electrons. The molecule has 0 spiro atoms. The smallest absolute Gasteiger partial charge is 0.335 e. The first kappa shape index (κ1) is 13.3. The van der Waals surface area contributed by atoms with Gasteiger partial charge in [-0.3, -0.25) is 4.79 Å². The standard InChI is InChI=1S/C16H13NO4/c1-10(18)15-8-12(16(19)20-15)7-13-9-14(17-21-13)11-5-3-2-4-6-11/h2-7,9,15H,8H2,1H3/b12-7+. The average Bonchev–Trinajstić information content (AvgIpc) is 3.08. The minimum atomic E-state index is -0.680. The third-order valence-electron chi connectivity index (χ3n) is 3.28.